The molecule has 42 heteroatoms. The van der Waals surface area contributed by atoms with Crippen molar-refractivity contribution in [2.45, 2.75) is 247 Å². The highest BCUT2D eigenvalue weighted by Gasteiger charge is 2.77. The first-order chi connectivity index (χ1) is 68.1. The van der Waals surface area contributed by atoms with Gasteiger partial charge >= 0.3 is 41.8 Å². The number of unbranched alkanes of at least 4 members (excludes halogenated alkanes) is 2. The fourth-order valence-electron chi connectivity index (χ4n) is 19.7. The number of aromatic nitrogens is 3. The summed E-state index contributed by atoms with van der Waals surface area (Å²) in [5, 5.41) is 92.0. The number of ether oxygens (including phenoxy) is 18. The molecule has 5 unspecified atom stereocenters. The molecular weight excluding hydrogens is 1860 g/mol. The molecule has 0 radical (unpaired) electrons. The molecule has 22 atom stereocenters. The molecule has 2 bridgehead atoms. The highest BCUT2D eigenvalue weighted by atomic mass is 16.8. The molecule has 142 heavy (non-hydrogen) atoms. The van der Waals surface area contributed by atoms with Gasteiger partial charge in [0.2, 0.25) is 12.0 Å². The van der Waals surface area contributed by atoms with Gasteiger partial charge in [0.1, 0.15) is 93.5 Å². The van der Waals surface area contributed by atoms with Crippen molar-refractivity contribution in [3.05, 3.63) is 166 Å². The Morgan fingerprint density at radius 2 is 1.27 bits per heavy atom. The normalized spacial score (nSPS) is 27.1. The summed E-state index contributed by atoms with van der Waals surface area (Å²) in [5.41, 5.74) is -5.79. The number of benzene rings is 4. The Bertz CT molecular complexity index is 5070. The molecule has 2 amide bonds. The number of carbonyl (C=O) groups excluding carboxylic acids is 12. The lowest BCUT2D eigenvalue weighted by atomic mass is 9.42. The maximum absolute atomic E-state index is 16.0. The standard InChI is InChI=1S/C100H131N5O37/c1-10-130-93(122)69(31-21-14-22-33-77(115)131-45-44-128-54-73-85(89(133-43-40-108)82(118)95(126-9)138-73)141-96-83(119)88(132-42-39-107)84(125-8)72(139-96)53-127-41-38-106)105-51-66(103-104-105)30-23-32-76(114)101-50-67(111)46-61-34-36-62(37-35-61)52-134-78(116)55-129-56-79(117)140-87(81(64-26-17-12-18-27-64)102-92(121)65-28-19-13-20-29-65)94(123)137-71-49-100(124)68(47-70(112)63-24-15-11-16-25-63)90-98(7,74(113)48-75-99(90,57-135-75)142-60(4)110)91(120)86(136-59(3)109)80(58(71)2)97(100,5)6/h11-13,15-20,24-29,34-37,51,68-69,71-75,81-90,95-96,106-108,113,118-119,124H,10,14,21-23,30-33,38-50,52-57H2,1-9H3,(H,101,114)(H,102,121)/t68-,69-,71-,72?,73?,74-,75+,81?,82?,83?,84+,85+,86+,87+,88+,89+,90-,95-,96+,98+,99-,100+/m0/s1. The molecule has 0 spiro atoms. The van der Waals surface area contributed by atoms with E-state index >= 15 is 9.59 Å². The van der Waals surface area contributed by atoms with Crippen molar-refractivity contribution in [2.24, 2.45) is 22.7 Å². The molecule has 778 valence electrons. The topological polar surface area (TPSA) is 567 Å². The Balaban J connectivity index is 0.637. The van der Waals surface area contributed by atoms with E-state index in [0.29, 0.717) is 48.9 Å². The Hall–Kier alpha value is -10.7. The minimum Gasteiger partial charge on any atom is -0.464 e. The molecule has 1 aromatic heterocycles. The van der Waals surface area contributed by atoms with Gasteiger partial charge in [0.05, 0.1) is 102 Å². The number of hydrogen-bond donors (Lipinski definition) is 9. The second kappa shape index (κ2) is 52.7. The lowest BCUT2D eigenvalue weighted by molar-refractivity contribution is -0.365. The van der Waals surface area contributed by atoms with Gasteiger partial charge < -0.3 is 132 Å². The number of amides is 2. The molecular formula is C100H131N5O37. The van der Waals surface area contributed by atoms with Crippen molar-refractivity contribution >= 4 is 70.9 Å². The molecule has 3 aliphatic carbocycles. The summed E-state index contributed by atoms with van der Waals surface area (Å²) in [7, 11) is 2.66. The van der Waals surface area contributed by atoms with Crippen molar-refractivity contribution in [3.63, 3.8) is 0 Å². The average Bonchev–Trinajstić information content (AvgIpc) is 0.682. The van der Waals surface area contributed by atoms with Crippen LogP contribution in [0.4, 0.5) is 0 Å². The van der Waals surface area contributed by atoms with Crippen molar-refractivity contribution in [3.8, 4) is 0 Å². The predicted octanol–water partition coefficient (Wildman–Crippen LogP) is 3.15. The van der Waals surface area contributed by atoms with Crippen LogP contribution in [0.25, 0.3) is 0 Å². The Morgan fingerprint density at radius 3 is 1.90 bits per heavy atom. The van der Waals surface area contributed by atoms with E-state index in [1.807, 2.05) is 0 Å². The van der Waals surface area contributed by atoms with Crippen LogP contribution in [0, 0.1) is 22.7 Å². The van der Waals surface area contributed by atoms with E-state index in [1.54, 1.807) is 130 Å². The molecule has 3 aliphatic heterocycles. The Kier molecular flexibility index (Phi) is 41.4. The average molecular weight is 2000 g/mol. The maximum atomic E-state index is 16.0. The smallest absolute Gasteiger partial charge is 0.350 e. The molecule has 2 saturated carbocycles. The zero-order valence-corrected chi connectivity index (χ0v) is 81.0. The van der Waals surface area contributed by atoms with Gasteiger partial charge in [-0.15, -0.1) is 5.10 Å². The summed E-state index contributed by atoms with van der Waals surface area (Å²) in [6.45, 7) is 5.09. The zero-order chi connectivity index (χ0) is 103. The summed E-state index contributed by atoms with van der Waals surface area (Å²) in [5.74, 6) is -12.2. The van der Waals surface area contributed by atoms with Crippen molar-refractivity contribution < 1.29 is 179 Å². The van der Waals surface area contributed by atoms with Crippen molar-refractivity contribution in [2.75, 3.05) is 113 Å². The molecule has 3 saturated heterocycles. The van der Waals surface area contributed by atoms with Crippen LogP contribution in [0.2, 0.25) is 0 Å². The van der Waals surface area contributed by atoms with Gasteiger partial charge in [-0.2, -0.15) is 0 Å². The first-order valence-corrected chi connectivity index (χ1v) is 47.6. The third-order valence-corrected chi connectivity index (χ3v) is 26.7. The summed E-state index contributed by atoms with van der Waals surface area (Å²) in [6.07, 6.45) is -18.2. The van der Waals surface area contributed by atoms with Gasteiger partial charge in [0, 0.05) is 101 Å². The third kappa shape index (κ3) is 27.7. The highest BCUT2D eigenvalue weighted by molar-refractivity contribution is 5.98. The van der Waals surface area contributed by atoms with Crippen LogP contribution >= 0.6 is 0 Å². The highest BCUT2D eigenvalue weighted by Crippen LogP contribution is 2.67. The second-order valence-corrected chi connectivity index (χ2v) is 36.4. The molecule has 5 aromatic rings. The van der Waals surface area contributed by atoms with Crippen LogP contribution in [0.1, 0.15) is 168 Å². The van der Waals surface area contributed by atoms with Gasteiger partial charge in [0.15, 0.2) is 47.7 Å². The number of rotatable bonds is 54. The number of esters is 7. The van der Waals surface area contributed by atoms with Gasteiger partial charge in [-0.1, -0.05) is 135 Å². The SMILES string of the molecule is CCOC(=O)[C@H](CCCCCC(=O)OCCOCC1O[C@H](OC)C(O)[C@@H](OCCO)[C@@H]1O[C@H]1OC(COCCO)[C@@H](OC)[C@H](OCCO)C1O)n1cc(CCCC(=O)NCC(=O)Cc2ccc(COC(=O)COCC(=O)O[C@@H](C(=O)O[C@H]3C[C@@]4(O)[C@@H](CC(=O)c5ccccc5)[C@@H]5[C@]6(OC(C)=O)CO[C@@H]6C[C@H](O)[C@@]5(C)C(=O)[C@H](OC(C)=O)C(=C3C)C4(C)C)C(NC(=O)c3ccccc3)c3ccccc3)cc2)nn1. The minimum atomic E-state index is -2.36. The number of nitrogens with zero attached hydrogens (tertiary/aromatic N) is 3. The van der Waals surface area contributed by atoms with Crippen LogP contribution in [0.5, 0.6) is 0 Å². The lowest BCUT2D eigenvalue weighted by Crippen LogP contribution is -2.80. The maximum Gasteiger partial charge on any atom is 0.350 e. The number of aliphatic hydroxyl groups excluding tert-OH is 6. The number of nitrogens with one attached hydrogen (secondary N) is 2. The van der Waals surface area contributed by atoms with E-state index in [0.717, 1.165) is 13.8 Å². The molecule has 6 aliphatic rings. The fraction of sp³-hybridized carbons (Fsp3) is 0.600. The van der Waals surface area contributed by atoms with E-state index in [2.05, 4.69) is 20.9 Å². The van der Waals surface area contributed by atoms with Gasteiger partial charge in [-0.25, -0.2) is 23.9 Å². The lowest BCUT2D eigenvalue weighted by Gasteiger charge is -2.68. The van der Waals surface area contributed by atoms with E-state index < -0.39 is 236 Å². The van der Waals surface area contributed by atoms with E-state index in [4.69, 9.17) is 85.3 Å². The Labute approximate surface area is 820 Å². The molecule has 4 heterocycles. The number of ketones is 3. The quantitative estimate of drug-likeness (QED) is 0.00887. The van der Waals surface area contributed by atoms with Crippen LogP contribution in [-0.4, -0.2) is 338 Å². The fourth-order valence-corrected chi connectivity index (χ4v) is 19.7. The first kappa shape index (κ1) is 112. The monoisotopic (exact) mass is 1990 g/mol. The molecule has 11 rings (SSSR count). The van der Waals surface area contributed by atoms with Crippen LogP contribution in [-0.2, 0) is 153 Å². The summed E-state index contributed by atoms with van der Waals surface area (Å²) in [6, 6.07) is 28.0. The van der Waals surface area contributed by atoms with Crippen molar-refractivity contribution in [1.29, 1.82) is 0 Å². The third-order valence-electron chi connectivity index (χ3n) is 26.7. The number of aryl methyl sites for hydroxylation is 1. The zero-order valence-electron chi connectivity index (χ0n) is 81.0. The molecule has 4 aromatic carbocycles. The van der Waals surface area contributed by atoms with E-state index in [-0.39, 0.29) is 152 Å². The number of fused-ring (bicyclic) bond motifs is 5. The number of carbonyl (C=O) groups is 12. The number of Topliss-reactive ketones (excluding diaryl/α,β-unsaturated/α-hetero) is 3. The van der Waals surface area contributed by atoms with Crippen LogP contribution in [0.15, 0.2) is 133 Å². The van der Waals surface area contributed by atoms with Gasteiger partial charge in [-0.05, 0) is 86.4 Å². The van der Waals surface area contributed by atoms with Crippen LogP contribution in [0.3, 0.4) is 0 Å². The molecule has 9 N–H and O–H groups in total. The molecule has 5 fully saturated rings. The predicted molar refractivity (Wildman–Crippen MR) is 491 cm³/mol. The second-order valence-electron chi connectivity index (χ2n) is 36.4. The first-order valence-electron chi connectivity index (χ1n) is 47.6. The van der Waals surface area contributed by atoms with E-state index in [1.165, 1.54) is 44.9 Å². The molecule has 42 nitrogen and oxygen atoms in total. The van der Waals surface area contributed by atoms with E-state index in [9.17, 15) is 83.7 Å². The van der Waals surface area contributed by atoms with Crippen molar-refractivity contribution in [1.82, 2.24) is 25.6 Å². The number of aliphatic hydroxyl groups is 7. The summed E-state index contributed by atoms with van der Waals surface area (Å²) in [4.78, 5) is 168. The summed E-state index contributed by atoms with van der Waals surface area (Å²) < 4.78 is 106. The largest absolute Gasteiger partial charge is 0.464 e. The summed E-state index contributed by atoms with van der Waals surface area (Å²) >= 11 is 0. The van der Waals surface area contributed by atoms with Gasteiger partial charge in [-0.3, -0.25) is 38.4 Å². The minimum absolute atomic E-state index is 0.0236. The Morgan fingerprint density at radius 1 is 0.641 bits per heavy atom. The number of hydrogen-bond acceptors (Lipinski definition) is 39. The number of methoxy groups -OCH3 is 2. The van der Waals surface area contributed by atoms with Gasteiger partial charge in [0.25, 0.3) is 5.91 Å². The van der Waals surface area contributed by atoms with Crippen LogP contribution < -0.4 is 10.6 Å².